The second kappa shape index (κ2) is 9.00. The minimum absolute atomic E-state index is 0.0165. The van der Waals surface area contributed by atoms with Gasteiger partial charge in [-0.2, -0.15) is 39.5 Å². The molecule has 0 aliphatic carbocycles. The molecule has 1 saturated heterocycles. The zero-order chi connectivity index (χ0) is 24.6. The van der Waals surface area contributed by atoms with Gasteiger partial charge in [-0.15, -0.1) is 0 Å². The van der Waals surface area contributed by atoms with E-state index in [9.17, 15) is 44.3 Å². The van der Waals surface area contributed by atoms with E-state index in [1.807, 2.05) is 0 Å². The number of carbonyl (C=O) groups excluding carboxylic acids is 1. The molecule has 0 saturated carbocycles. The molecular formula is C22H18F9NO. The van der Waals surface area contributed by atoms with E-state index in [0.29, 0.717) is 31.2 Å². The van der Waals surface area contributed by atoms with Gasteiger partial charge < -0.3 is 5.32 Å². The highest BCUT2D eigenvalue weighted by molar-refractivity contribution is 5.84. The summed E-state index contributed by atoms with van der Waals surface area (Å²) in [6, 6.07) is 2.58. The van der Waals surface area contributed by atoms with Crippen molar-refractivity contribution in [1.29, 1.82) is 0 Å². The Hall–Kier alpha value is -2.56. The SMILES string of the molecule is O=C(CCc1cc(-c2cc(C(F)(F)F)cc(C(F)(F)F)c2)cc(C(F)(F)F)c1)[C@H]1CCCN1. The zero-order valence-corrected chi connectivity index (χ0v) is 16.9. The maximum absolute atomic E-state index is 13.4. The Morgan fingerprint density at radius 3 is 1.70 bits per heavy atom. The summed E-state index contributed by atoms with van der Waals surface area (Å²) in [6.45, 7) is 0.640. The van der Waals surface area contributed by atoms with E-state index in [0.717, 1.165) is 18.6 Å². The largest absolute Gasteiger partial charge is 0.416 e. The van der Waals surface area contributed by atoms with Crippen LogP contribution in [0, 0.1) is 0 Å². The van der Waals surface area contributed by atoms with Gasteiger partial charge in [0.2, 0.25) is 0 Å². The summed E-state index contributed by atoms with van der Waals surface area (Å²) in [4.78, 5) is 12.2. The number of hydrogen-bond donors (Lipinski definition) is 1. The van der Waals surface area contributed by atoms with Crippen LogP contribution in [0.2, 0.25) is 0 Å². The standard InChI is InChI=1S/C22H18F9NO/c23-20(24,25)15-7-12(3-4-19(33)18-2-1-5-32-18)6-13(8-15)14-9-16(21(26,27)28)11-17(10-14)22(29,30)31/h6-11,18,32H,1-5H2/t18-/m1/s1. The zero-order valence-electron chi connectivity index (χ0n) is 16.9. The fourth-order valence-corrected chi connectivity index (χ4v) is 3.69. The number of carbonyl (C=O) groups is 1. The average Bonchev–Trinajstić information content (AvgIpc) is 3.24. The van der Waals surface area contributed by atoms with Crippen molar-refractivity contribution in [3.8, 4) is 11.1 Å². The van der Waals surface area contributed by atoms with Crippen molar-refractivity contribution < 1.29 is 44.3 Å². The Balaban J connectivity index is 2.04. The third-order valence-electron chi connectivity index (χ3n) is 5.35. The highest BCUT2D eigenvalue weighted by Gasteiger charge is 2.37. The normalized spacial score (nSPS) is 17.4. The van der Waals surface area contributed by atoms with E-state index in [1.54, 1.807) is 0 Å². The van der Waals surface area contributed by atoms with Crippen LogP contribution in [0.3, 0.4) is 0 Å². The van der Waals surface area contributed by atoms with Gasteiger partial charge in [-0.25, -0.2) is 0 Å². The second-order valence-electron chi connectivity index (χ2n) is 7.83. The van der Waals surface area contributed by atoms with Gasteiger partial charge in [-0.3, -0.25) is 4.79 Å². The predicted molar refractivity (Wildman–Crippen MR) is 101 cm³/mol. The van der Waals surface area contributed by atoms with Crippen LogP contribution in [0.5, 0.6) is 0 Å². The highest BCUT2D eigenvalue weighted by Crippen LogP contribution is 2.40. The van der Waals surface area contributed by atoms with E-state index in [2.05, 4.69) is 5.32 Å². The molecule has 180 valence electrons. The summed E-state index contributed by atoms with van der Waals surface area (Å²) < 4.78 is 119. The van der Waals surface area contributed by atoms with Crippen molar-refractivity contribution in [1.82, 2.24) is 5.32 Å². The van der Waals surface area contributed by atoms with Crippen molar-refractivity contribution >= 4 is 5.78 Å². The number of benzene rings is 2. The molecule has 1 N–H and O–H groups in total. The number of rotatable bonds is 5. The van der Waals surface area contributed by atoms with Gasteiger partial charge in [0, 0.05) is 6.42 Å². The van der Waals surface area contributed by atoms with Crippen LogP contribution in [0.4, 0.5) is 39.5 Å². The van der Waals surface area contributed by atoms with Crippen molar-refractivity contribution in [3.05, 3.63) is 58.7 Å². The number of hydrogen-bond acceptors (Lipinski definition) is 2. The molecule has 1 aliphatic heterocycles. The third kappa shape index (κ3) is 6.27. The van der Waals surface area contributed by atoms with E-state index in [1.165, 1.54) is 0 Å². The summed E-state index contributed by atoms with van der Waals surface area (Å²) in [5.41, 5.74) is -5.62. The highest BCUT2D eigenvalue weighted by atomic mass is 19.4. The molecule has 2 aromatic carbocycles. The van der Waals surface area contributed by atoms with Gasteiger partial charge >= 0.3 is 18.5 Å². The minimum Gasteiger partial charge on any atom is -0.307 e. The topological polar surface area (TPSA) is 29.1 Å². The van der Waals surface area contributed by atoms with Gasteiger partial charge in [0.15, 0.2) is 0 Å². The quantitative estimate of drug-likeness (QED) is 0.482. The molecule has 0 spiro atoms. The fourth-order valence-electron chi connectivity index (χ4n) is 3.69. The van der Waals surface area contributed by atoms with Crippen molar-refractivity contribution in [2.45, 2.75) is 50.3 Å². The molecule has 0 amide bonds. The van der Waals surface area contributed by atoms with E-state index in [-0.39, 0.29) is 30.3 Å². The number of alkyl halides is 9. The summed E-state index contributed by atoms with van der Waals surface area (Å²) in [6.07, 6.45) is -14.1. The molecule has 1 heterocycles. The van der Waals surface area contributed by atoms with Crippen LogP contribution in [0.1, 0.15) is 41.5 Å². The van der Waals surface area contributed by atoms with Crippen molar-refractivity contribution in [2.24, 2.45) is 0 Å². The van der Waals surface area contributed by atoms with Crippen molar-refractivity contribution in [3.63, 3.8) is 0 Å². The first kappa shape index (κ1) is 25.1. The Bertz CT molecular complexity index is 984. The predicted octanol–water partition coefficient (Wildman–Crippen LogP) is 6.66. The lowest BCUT2D eigenvalue weighted by Crippen LogP contribution is -2.30. The number of ketones is 1. The Morgan fingerprint density at radius 1 is 0.758 bits per heavy atom. The van der Waals surface area contributed by atoms with Crippen LogP contribution < -0.4 is 5.32 Å². The van der Waals surface area contributed by atoms with Crippen LogP contribution in [0.25, 0.3) is 11.1 Å². The molecule has 1 aliphatic rings. The van der Waals surface area contributed by atoms with Gasteiger partial charge in [0.25, 0.3) is 0 Å². The Labute approximate surface area is 182 Å². The minimum atomic E-state index is -5.14. The first-order valence-corrected chi connectivity index (χ1v) is 9.92. The lowest BCUT2D eigenvalue weighted by atomic mass is 9.93. The molecule has 1 atom stereocenters. The van der Waals surface area contributed by atoms with Crippen LogP contribution in [-0.2, 0) is 29.7 Å². The molecule has 0 bridgehead atoms. The average molecular weight is 483 g/mol. The Kier molecular flexibility index (Phi) is 6.84. The summed E-state index contributed by atoms with van der Waals surface area (Å²) in [5, 5.41) is 2.96. The molecule has 0 unspecified atom stereocenters. The molecule has 0 aromatic heterocycles. The molecule has 2 nitrogen and oxygen atoms in total. The molecule has 1 fully saturated rings. The lowest BCUT2D eigenvalue weighted by molar-refractivity contribution is -0.143. The molecular weight excluding hydrogens is 465 g/mol. The monoisotopic (exact) mass is 483 g/mol. The number of Topliss-reactive ketones (excluding diaryl/α,β-unsaturated/α-hetero) is 1. The van der Waals surface area contributed by atoms with Crippen LogP contribution in [-0.4, -0.2) is 18.4 Å². The van der Waals surface area contributed by atoms with Gasteiger partial charge in [0.1, 0.15) is 5.78 Å². The summed E-state index contributed by atoms with van der Waals surface area (Å²) in [7, 11) is 0. The Morgan fingerprint density at radius 2 is 1.24 bits per heavy atom. The van der Waals surface area contributed by atoms with E-state index < -0.39 is 52.4 Å². The van der Waals surface area contributed by atoms with E-state index in [4.69, 9.17) is 0 Å². The molecule has 11 heteroatoms. The molecule has 2 aromatic rings. The van der Waals surface area contributed by atoms with Gasteiger partial charge in [0.05, 0.1) is 22.7 Å². The first-order valence-electron chi connectivity index (χ1n) is 9.92. The lowest BCUT2D eigenvalue weighted by Gasteiger charge is -2.17. The van der Waals surface area contributed by atoms with Gasteiger partial charge in [-0.1, -0.05) is 6.07 Å². The summed E-state index contributed by atoms with van der Waals surface area (Å²) >= 11 is 0. The number of nitrogens with one attached hydrogen (secondary N) is 1. The van der Waals surface area contributed by atoms with Crippen molar-refractivity contribution in [2.75, 3.05) is 6.54 Å². The fraction of sp³-hybridized carbons (Fsp3) is 0.409. The number of aryl methyl sites for hydroxylation is 1. The maximum Gasteiger partial charge on any atom is 0.416 e. The van der Waals surface area contributed by atoms with Gasteiger partial charge in [-0.05, 0) is 72.8 Å². The number of halogens is 9. The third-order valence-corrected chi connectivity index (χ3v) is 5.35. The summed E-state index contributed by atoms with van der Waals surface area (Å²) in [5.74, 6) is -0.218. The van der Waals surface area contributed by atoms with Crippen LogP contribution >= 0.6 is 0 Å². The molecule has 3 rings (SSSR count). The maximum atomic E-state index is 13.4. The smallest absolute Gasteiger partial charge is 0.307 e. The van der Waals surface area contributed by atoms with Crippen LogP contribution in [0.15, 0.2) is 36.4 Å². The molecule has 0 radical (unpaired) electrons. The first-order chi connectivity index (χ1) is 15.1. The van der Waals surface area contributed by atoms with E-state index >= 15 is 0 Å². The molecule has 33 heavy (non-hydrogen) atoms. The second-order valence-corrected chi connectivity index (χ2v) is 7.83.